The number of amides is 1. The summed E-state index contributed by atoms with van der Waals surface area (Å²) >= 11 is 0. The van der Waals surface area contributed by atoms with Gasteiger partial charge in [0.05, 0.1) is 6.61 Å². The van der Waals surface area contributed by atoms with Crippen molar-refractivity contribution >= 4 is 35.8 Å². The fraction of sp³-hybridized carbons (Fsp3) is 0.462. The molecule has 7 heteroatoms. The van der Waals surface area contributed by atoms with Crippen molar-refractivity contribution in [3.05, 3.63) is 64.7 Å². The van der Waals surface area contributed by atoms with Crippen LogP contribution in [0.25, 0.3) is 0 Å². The van der Waals surface area contributed by atoms with Gasteiger partial charge in [0, 0.05) is 44.4 Å². The third-order valence-corrected chi connectivity index (χ3v) is 5.78. The van der Waals surface area contributed by atoms with Crippen LogP contribution in [0.5, 0.6) is 5.75 Å². The van der Waals surface area contributed by atoms with Crippen molar-refractivity contribution in [3.8, 4) is 5.75 Å². The molecule has 1 saturated carbocycles. The highest BCUT2D eigenvalue weighted by atomic mass is 127. The average Bonchev–Trinajstić information content (AvgIpc) is 3.64. The highest BCUT2D eigenvalue weighted by molar-refractivity contribution is 14.0. The summed E-state index contributed by atoms with van der Waals surface area (Å²) in [6.45, 7) is 9.58. The Morgan fingerprint density at radius 1 is 1.06 bits per heavy atom. The molecule has 1 aliphatic carbocycles. The van der Waals surface area contributed by atoms with E-state index in [1.54, 1.807) is 7.05 Å². The number of carbonyl (C=O) groups is 1. The quantitative estimate of drug-likeness (QED) is 0.249. The zero-order chi connectivity index (χ0) is 22.9. The summed E-state index contributed by atoms with van der Waals surface area (Å²) in [5.41, 5.74) is 4.13. The molecule has 2 aromatic carbocycles. The van der Waals surface area contributed by atoms with E-state index in [4.69, 9.17) is 4.74 Å². The summed E-state index contributed by atoms with van der Waals surface area (Å²) in [5.74, 6) is 2.47. The van der Waals surface area contributed by atoms with Crippen LogP contribution in [-0.4, -0.2) is 43.5 Å². The zero-order valence-electron chi connectivity index (χ0n) is 20.2. The lowest BCUT2D eigenvalue weighted by atomic mass is 10.1. The lowest BCUT2D eigenvalue weighted by Gasteiger charge is -2.18. The molecule has 0 atom stereocenters. The minimum Gasteiger partial charge on any atom is -0.493 e. The summed E-state index contributed by atoms with van der Waals surface area (Å²) in [6.07, 6.45) is 2.56. The maximum Gasteiger partial charge on any atom is 0.253 e. The second-order valence-corrected chi connectivity index (χ2v) is 8.32. The first-order valence-electron chi connectivity index (χ1n) is 11.6. The number of ether oxygens (including phenoxy) is 1. The van der Waals surface area contributed by atoms with E-state index in [0.29, 0.717) is 13.1 Å². The van der Waals surface area contributed by atoms with Crippen molar-refractivity contribution < 1.29 is 9.53 Å². The minimum atomic E-state index is 0. The van der Waals surface area contributed by atoms with Gasteiger partial charge in [0.25, 0.3) is 5.91 Å². The average molecular weight is 565 g/mol. The molecule has 0 aliphatic heterocycles. The van der Waals surface area contributed by atoms with Crippen molar-refractivity contribution in [2.24, 2.45) is 10.9 Å². The highest BCUT2D eigenvalue weighted by Crippen LogP contribution is 2.30. The maximum absolute atomic E-state index is 12.5. The van der Waals surface area contributed by atoms with Crippen LogP contribution in [0, 0.1) is 12.8 Å². The number of aliphatic imine (C=N–C) groups is 1. The molecule has 2 N–H and O–H groups in total. The molecule has 0 bridgehead atoms. The Morgan fingerprint density at radius 2 is 1.73 bits per heavy atom. The van der Waals surface area contributed by atoms with Crippen molar-refractivity contribution in [2.75, 3.05) is 26.7 Å². The number of rotatable bonds is 10. The Bertz CT molecular complexity index is 922. The fourth-order valence-electron chi connectivity index (χ4n) is 3.48. The molecular weight excluding hydrogens is 527 g/mol. The monoisotopic (exact) mass is 564 g/mol. The van der Waals surface area contributed by atoms with Crippen LogP contribution in [-0.2, 0) is 13.1 Å². The molecule has 0 spiro atoms. The van der Waals surface area contributed by atoms with E-state index < -0.39 is 0 Å². The van der Waals surface area contributed by atoms with Gasteiger partial charge in [-0.1, -0.05) is 24.3 Å². The van der Waals surface area contributed by atoms with Gasteiger partial charge in [0.15, 0.2) is 5.96 Å². The third kappa shape index (κ3) is 8.21. The highest BCUT2D eigenvalue weighted by Gasteiger charge is 2.22. The van der Waals surface area contributed by atoms with E-state index in [1.165, 1.54) is 18.4 Å². The molecule has 1 fully saturated rings. The van der Waals surface area contributed by atoms with Gasteiger partial charge in [-0.3, -0.25) is 9.79 Å². The molecule has 0 aromatic heterocycles. The lowest BCUT2D eigenvalue weighted by molar-refractivity contribution is 0.0773. The Hall–Kier alpha value is -2.29. The molecule has 0 saturated heterocycles. The van der Waals surface area contributed by atoms with Crippen molar-refractivity contribution in [1.29, 1.82) is 0 Å². The Balaban J connectivity index is 0.00000385. The standard InChI is InChI=1S/C26H36N4O2.HI/c1-5-30(6-2)25(31)22-13-10-20(11-14-22)16-28-26(27-4)29-17-23-12-7-19(3)15-24(23)32-18-21-8-9-21;/h7,10-15,21H,5-6,8-9,16-18H2,1-4H3,(H2,27,28,29);1H. The minimum absolute atomic E-state index is 0. The molecular formula is C26H37IN4O2. The van der Waals surface area contributed by atoms with Gasteiger partial charge in [-0.05, 0) is 68.9 Å². The van der Waals surface area contributed by atoms with Gasteiger partial charge in [-0.15, -0.1) is 24.0 Å². The molecule has 0 heterocycles. The summed E-state index contributed by atoms with van der Waals surface area (Å²) in [7, 11) is 1.76. The molecule has 1 amide bonds. The van der Waals surface area contributed by atoms with Crippen LogP contribution < -0.4 is 15.4 Å². The van der Waals surface area contributed by atoms with Crippen LogP contribution in [0.2, 0.25) is 0 Å². The maximum atomic E-state index is 12.5. The van der Waals surface area contributed by atoms with Crippen LogP contribution in [0.1, 0.15) is 53.7 Å². The first-order valence-corrected chi connectivity index (χ1v) is 11.6. The number of halogens is 1. The molecule has 0 radical (unpaired) electrons. The van der Waals surface area contributed by atoms with E-state index in [1.807, 2.05) is 43.0 Å². The number of hydrogen-bond donors (Lipinski definition) is 2. The normalized spacial score (nSPS) is 13.2. The fourth-order valence-corrected chi connectivity index (χ4v) is 3.48. The number of benzene rings is 2. The van der Waals surface area contributed by atoms with Crippen molar-refractivity contribution in [2.45, 2.75) is 46.7 Å². The van der Waals surface area contributed by atoms with Gasteiger partial charge in [-0.25, -0.2) is 0 Å². The van der Waals surface area contributed by atoms with Gasteiger partial charge in [0.1, 0.15) is 5.75 Å². The van der Waals surface area contributed by atoms with Crippen molar-refractivity contribution in [1.82, 2.24) is 15.5 Å². The van der Waals surface area contributed by atoms with Crippen LogP contribution in [0.15, 0.2) is 47.5 Å². The van der Waals surface area contributed by atoms with Gasteiger partial charge in [0.2, 0.25) is 0 Å². The van der Waals surface area contributed by atoms with E-state index in [2.05, 4.69) is 40.7 Å². The van der Waals surface area contributed by atoms with Crippen LogP contribution in [0.4, 0.5) is 0 Å². The van der Waals surface area contributed by atoms with Crippen LogP contribution >= 0.6 is 24.0 Å². The zero-order valence-corrected chi connectivity index (χ0v) is 22.5. The van der Waals surface area contributed by atoms with E-state index in [-0.39, 0.29) is 29.9 Å². The number of aryl methyl sites for hydroxylation is 1. The molecule has 6 nitrogen and oxygen atoms in total. The summed E-state index contributed by atoms with van der Waals surface area (Å²) in [4.78, 5) is 18.6. The first kappa shape index (κ1) is 27.0. The van der Waals surface area contributed by atoms with E-state index in [9.17, 15) is 4.79 Å². The Morgan fingerprint density at radius 3 is 2.33 bits per heavy atom. The smallest absolute Gasteiger partial charge is 0.253 e. The summed E-state index contributed by atoms with van der Waals surface area (Å²) in [6, 6.07) is 14.1. The largest absolute Gasteiger partial charge is 0.493 e. The van der Waals surface area contributed by atoms with E-state index in [0.717, 1.165) is 54.0 Å². The summed E-state index contributed by atoms with van der Waals surface area (Å²) < 4.78 is 6.07. The number of nitrogens with zero attached hydrogens (tertiary/aromatic N) is 2. The molecule has 2 aromatic rings. The van der Waals surface area contributed by atoms with Gasteiger partial charge >= 0.3 is 0 Å². The van der Waals surface area contributed by atoms with E-state index >= 15 is 0 Å². The predicted octanol–water partition coefficient (Wildman–Crippen LogP) is 4.75. The Kier molecular flexibility index (Phi) is 11.0. The summed E-state index contributed by atoms with van der Waals surface area (Å²) in [5, 5.41) is 6.72. The lowest BCUT2D eigenvalue weighted by Crippen LogP contribution is -2.36. The van der Waals surface area contributed by atoms with Crippen molar-refractivity contribution in [3.63, 3.8) is 0 Å². The SMILES string of the molecule is CCN(CC)C(=O)c1ccc(CNC(=NC)NCc2ccc(C)cc2OCC2CC2)cc1.I. The second kappa shape index (κ2) is 13.4. The Labute approximate surface area is 215 Å². The number of nitrogens with one attached hydrogen (secondary N) is 2. The topological polar surface area (TPSA) is 66.0 Å². The molecule has 3 rings (SSSR count). The second-order valence-electron chi connectivity index (χ2n) is 8.32. The molecule has 180 valence electrons. The van der Waals surface area contributed by atoms with Gasteiger partial charge in [-0.2, -0.15) is 0 Å². The first-order chi connectivity index (χ1) is 15.5. The molecule has 1 aliphatic rings. The number of guanidine groups is 1. The molecule has 0 unspecified atom stereocenters. The number of carbonyl (C=O) groups excluding carboxylic acids is 1. The van der Waals surface area contributed by atoms with Gasteiger partial charge < -0.3 is 20.3 Å². The third-order valence-electron chi connectivity index (χ3n) is 5.78. The number of hydrogen-bond acceptors (Lipinski definition) is 3. The van der Waals surface area contributed by atoms with Crippen LogP contribution in [0.3, 0.4) is 0 Å². The molecule has 33 heavy (non-hydrogen) atoms. The predicted molar refractivity (Wildman–Crippen MR) is 146 cm³/mol.